The molecule has 6 nitrogen and oxygen atoms in total. The number of morpholine rings is 1. The molecule has 2 fully saturated rings. The molecule has 1 aliphatic heterocycles. The van der Waals surface area contributed by atoms with E-state index in [1.54, 1.807) is 0 Å². The highest BCUT2D eigenvalue weighted by Crippen LogP contribution is 2.38. The quantitative estimate of drug-likeness (QED) is 0.847. The third-order valence-corrected chi connectivity index (χ3v) is 8.05. The van der Waals surface area contributed by atoms with Gasteiger partial charge in [-0.3, -0.25) is 0 Å². The average molecular weight is 396 g/mol. The van der Waals surface area contributed by atoms with Gasteiger partial charge in [0.1, 0.15) is 9.77 Å². The minimum atomic E-state index is -3.71. The first-order chi connectivity index (χ1) is 9.91. The monoisotopic (exact) mass is 395 g/mol. The van der Waals surface area contributed by atoms with Crippen molar-refractivity contribution in [1.82, 2.24) is 4.31 Å². The molecule has 0 spiro atoms. The number of aromatic carboxylic acids is 1. The summed E-state index contributed by atoms with van der Waals surface area (Å²) in [4.78, 5) is 11.1. The van der Waals surface area contributed by atoms with E-state index < -0.39 is 16.0 Å². The lowest BCUT2D eigenvalue weighted by molar-refractivity contribution is -0.0241. The van der Waals surface area contributed by atoms with Gasteiger partial charge in [0, 0.05) is 6.54 Å². The van der Waals surface area contributed by atoms with E-state index in [-0.39, 0.29) is 21.9 Å². The van der Waals surface area contributed by atoms with Gasteiger partial charge in [-0.2, -0.15) is 4.31 Å². The van der Waals surface area contributed by atoms with Crippen LogP contribution in [0.1, 0.15) is 28.9 Å². The second-order valence-corrected chi connectivity index (χ2v) is 9.31. The van der Waals surface area contributed by atoms with Crippen LogP contribution < -0.4 is 0 Å². The van der Waals surface area contributed by atoms with Crippen LogP contribution in [0.4, 0.5) is 0 Å². The standard InChI is InChI=1S/C12H14BrNO5S2/c13-11-10(6-9(20-11)12(15)16)21(17,18)14-4-5-19-8-3-1-2-7(8)14/h6-8H,1-5H2,(H,15,16). The van der Waals surface area contributed by atoms with E-state index in [1.165, 1.54) is 10.4 Å². The van der Waals surface area contributed by atoms with E-state index in [0.29, 0.717) is 16.9 Å². The van der Waals surface area contributed by atoms with Crippen molar-refractivity contribution in [2.24, 2.45) is 0 Å². The average Bonchev–Trinajstić information content (AvgIpc) is 3.04. The number of hydrogen-bond donors (Lipinski definition) is 1. The fourth-order valence-corrected chi connectivity index (χ4v) is 6.97. The van der Waals surface area contributed by atoms with Gasteiger partial charge in [0.2, 0.25) is 10.0 Å². The summed E-state index contributed by atoms with van der Waals surface area (Å²) in [6.07, 6.45) is 2.58. The Kier molecular flexibility index (Phi) is 4.12. The number of fused-ring (bicyclic) bond motifs is 1. The molecule has 0 aromatic carbocycles. The van der Waals surface area contributed by atoms with E-state index in [1.807, 2.05) is 0 Å². The van der Waals surface area contributed by atoms with Crippen LogP contribution in [0.25, 0.3) is 0 Å². The molecule has 1 aromatic heterocycles. The number of ether oxygens (including phenoxy) is 1. The van der Waals surface area contributed by atoms with Crippen LogP contribution in [0, 0.1) is 0 Å². The number of carbonyl (C=O) groups is 1. The maximum absolute atomic E-state index is 12.8. The van der Waals surface area contributed by atoms with Crippen molar-refractivity contribution in [3.8, 4) is 0 Å². The largest absolute Gasteiger partial charge is 0.477 e. The van der Waals surface area contributed by atoms with Crippen LogP contribution in [-0.2, 0) is 14.8 Å². The molecule has 2 unspecified atom stereocenters. The van der Waals surface area contributed by atoms with Crippen LogP contribution in [0.15, 0.2) is 14.7 Å². The van der Waals surface area contributed by atoms with Crippen molar-refractivity contribution >= 4 is 43.3 Å². The summed E-state index contributed by atoms with van der Waals surface area (Å²) in [7, 11) is -3.71. The second kappa shape index (κ2) is 5.62. The highest BCUT2D eigenvalue weighted by atomic mass is 79.9. The SMILES string of the molecule is O=C(O)c1cc(S(=O)(=O)N2CCOC3CCCC32)c(Br)s1. The Bertz CT molecular complexity index is 671. The van der Waals surface area contributed by atoms with Gasteiger partial charge in [0.25, 0.3) is 0 Å². The molecule has 1 aliphatic carbocycles. The van der Waals surface area contributed by atoms with Crippen molar-refractivity contribution in [2.45, 2.75) is 36.3 Å². The maximum Gasteiger partial charge on any atom is 0.345 e. The van der Waals surface area contributed by atoms with Crippen LogP contribution in [0.5, 0.6) is 0 Å². The number of rotatable bonds is 3. The normalized spacial score (nSPS) is 26.7. The van der Waals surface area contributed by atoms with Crippen molar-refractivity contribution in [3.63, 3.8) is 0 Å². The van der Waals surface area contributed by atoms with E-state index in [0.717, 1.165) is 30.6 Å². The van der Waals surface area contributed by atoms with Crippen molar-refractivity contribution in [2.75, 3.05) is 13.2 Å². The summed E-state index contributed by atoms with van der Waals surface area (Å²) < 4.78 is 33.1. The summed E-state index contributed by atoms with van der Waals surface area (Å²) in [5.74, 6) is -1.12. The molecule has 1 N–H and O–H groups in total. The number of halogens is 1. The molecule has 0 amide bonds. The van der Waals surface area contributed by atoms with Gasteiger partial charge in [0.05, 0.1) is 22.5 Å². The molecular weight excluding hydrogens is 382 g/mol. The van der Waals surface area contributed by atoms with Gasteiger partial charge in [-0.15, -0.1) is 11.3 Å². The third kappa shape index (κ3) is 2.65. The Balaban J connectivity index is 1.98. The Morgan fingerprint density at radius 3 is 2.90 bits per heavy atom. The second-order valence-electron chi connectivity index (χ2n) is 5.08. The third-order valence-electron chi connectivity index (χ3n) is 3.88. The van der Waals surface area contributed by atoms with E-state index in [9.17, 15) is 13.2 Å². The molecule has 21 heavy (non-hydrogen) atoms. The van der Waals surface area contributed by atoms with Crippen LogP contribution >= 0.6 is 27.3 Å². The predicted molar refractivity (Wildman–Crippen MR) is 80.2 cm³/mol. The Hall–Kier alpha value is -0.480. The number of carboxylic acid groups (broad SMARTS) is 1. The zero-order chi connectivity index (χ0) is 15.2. The van der Waals surface area contributed by atoms with Gasteiger partial charge in [-0.05, 0) is 41.3 Å². The molecule has 9 heteroatoms. The summed E-state index contributed by atoms with van der Waals surface area (Å²) in [5.41, 5.74) is 0. The summed E-state index contributed by atoms with van der Waals surface area (Å²) in [6.45, 7) is 0.697. The van der Waals surface area contributed by atoms with Crippen molar-refractivity contribution in [1.29, 1.82) is 0 Å². The number of sulfonamides is 1. The minimum Gasteiger partial charge on any atom is -0.477 e. The lowest BCUT2D eigenvalue weighted by Gasteiger charge is -2.36. The van der Waals surface area contributed by atoms with Gasteiger partial charge < -0.3 is 9.84 Å². The van der Waals surface area contributed by atoms with Gasteiger partial charge in [-0.25, -0.2) is 13.2 Å². The molecule has 1 saturated heterocycles. The number of thiophene rings is 1. The molecule has 3 rings (SSSR count). The zero-order valence-corrected chi connectivity index (χ0v) is 14.2. The highest BCUT2D eigenvalue weighted by Gasteiger charge is 2.43. The van der Waals surface area contributed by atoms with Gasteiger partial charge in [-0.1, -0.05) is 0 Å². The predicted octanol–water partition coefficient (Wildman–Crippen LogP) is 2.15. The van der Waals surface area contributed by atoms with E-state index in [2.05, 4.69) is 15.9 Å². The molecule has 2 heterocycles. The van der Waals surface area contributed by atoms with Gasteiger partial charge in [0.15, 0.2) is 0 Å². The lowest BCUT2D eigenvalue weighted by Crippen LogP contribution is -2.51. The van der Waals surface area contributed by atoms with Crippen LogP contribution in [0.3, 0.4) is 0 Å². The molecule has 116 valence electrons. The summed E-state index contributed by atoms with van der Waals surface area (Å²) in [5, 5.41) is 9.01. The van der Waals surface area contributed by atoms with Crippen molar-refractivity contribution < 1.29 is 23.1 Å². The van der Waals surface area contributed by atoms with Crippen molar-refractivity contribution in [3.05, 3.63) is 14.7 Å². The molecule has 2 aliphatic rings. The number of nitrogens with zero attached hydrogens (tertiary/aromatic N) is 1. The Labute approximate surface area is 134 Å². The van der Waals surface area contributed by atoms with Gasteiger partial charge >= 0.3 is 5.97 Å². The highest BCUT2D eigenvalue weighted by molar-refractivity contribution is 9.11. The first kappa shape index (κ1) is 15.4. The number of carboxylic acids is 1. The fraction of sp³-hybridized carbons (Fsp3) is 0.583. The smallest absolute Gasteiger partial charge is 0.345 e. The minimum absolute atomic E-state index is 0.0108. The zero-order valence-electron chi connectivity index (χ0n) is 11.0. The maximum atomic E-state index is 12.8. The summed E-state index contributed by atoms with van der Waals surface area (Å²) in [6, 6.07) is 1.09. The van der Waals surface area contributed by atoms with E-state index >= 15 is 0 Å². The molecular formula is C12H14BrNO5S2. The molecule has 2 atom stereocenters. The lowest BCUT2D eigenvalue weighted by atomic mass is 10.2. The summed E-state index contributed by atoms with van der Waals surface area (Å²) >= 11 is 4.10. The molecule has 0 radical (unpaired) electrons. The van der Waals surface area contributed by atoms with Crippen LogP contribution in [-0.4, -0.2) is 49.1 Å². The first-order valence-corrected chi connectivity index (χ1v) is 9.62. The van der Waals surface area contributed by atoms with E-state index in [4.69, 9.17) is 9.84 Å². The molecule has 1 saturated carbocycles. The Morgan fingerprint density at radius 2 is 2.24 bits per heavy atom. The number of hydrogen-bond acceptors (Lipinski definition) is 5. The first-order valence-electron chi connectivity index (χ1n) is 6.57. The fourth-order valence-electron chi connectivity index (χ4n) is 2.95. The Morgan fingerprint density at radius 1 is 1.48 bits per heavy atom. The molecule has 1 aromatic rings. The topological polar surface area (TPSA) is 83.9 Å². The van der Waals surface area contributed by atoms with Crippen LogP contribution in [0.2, 0.25) is 0 Å². The molecule has 0 bridgehead atoms.